The fraction of sp³-hybridized carbons (Fsp3) is 0.455. The minimum absolute atomic E-state index is 0.156. The molecule has 8 heteroatoms. The Kier molecular flexibility index (Phi) is 6.64. The Morgan fingerprint density at radius 3 is 2.63 bits per heavy atom. The van der Waals surface area contributed by atoms with Crippen LogP contribution in [0, 0.1) is 5.92 Å². The number of hydrogen-bond donors (Lipinski definition) is 0. The van der Waals surface area contributed by atoms with E-state index in [1.807, 2.05) is 4.90 Å². The number of benzene rings is 2. The quantitative estimate of drug-likeness (QED) is 0.544. The summed E-state index contributed by atoms with van der Waals surface area (Å²) in [5, 5.41) is 15.1. The highest BCUT2D eigenvalue weighted by molar-refractivity contribution is 7.99. The van der Waals surface area contributed by atoms with E-state index in [0.29, 0.717) is 16.8 Å². The maximum atomic E-state index is 12.7. The lowest BCUT2D eigenvalue weighted by Gasteiger charge is -2.35. The van der Waals surface area contributed by atoms with Crippen molar-refractivity contribution < 1.29 is 4.79 Å². The Bertz CT molecular complexity index is 991. The van der Waals surface area contributed by atoms with Gasteiger partial charge in [-0.2, -0.15) is 0 Å². The van der Waals surface area contributed by atoms with Crippen LogP contribution < -0.4 is 0 Å². The first-order chi connectivity index (χ1) is 14.6. The van der Waals surface area contributed by atoms with Crippen LogP contribution in [0.15, 0.2) is 47.6 Å². The number of fused-ring (bicyclic) bond motifs is 1. The van der Waals surface area contributed by atoms with Crippen molar-refractivity contribution >= 4 is 28.4 Å². The molecule has 1 aliphatic rings. The van der Waals surface area contributed by atoms with Gasteiger partial charge in [0.2, 0.25) is 11.1 Å². The van der Waals surface area contributed by atoms with Gasteiger partial charge in [-0.05, 0) is 32.7 Å². The van der Waals surface area contributed by atoms with E-state index in [-0.39, 0.29) is 5.91 Å². The van der Waals surface area contributed by atoms with Gasteiger partial charge in [0.15, 0.2) is 0 Å². The first kappa shape index (κ1) is 20.8. The standard InChI is InChI=1S/C22H28N6OS/c1-17(2)14-28-22(23-24-25-28)30-16-21(29)27-12-10-26(11-13-27)15-19-8-5-7-18-6-3-4-9-20(18)19/h3-9,17H,10-16H2,1-2H3. The van der Waals surface area contributed by atoms with Crippen LogP contribution in [-0.4, -0.2) is 67.8 Å². The van der Waals surface area contributed by atoms with Gasteiger partial charge in [-0.25, -0.2) is 4.68 Å². The van der Waals surface area contributed by atoms with Crippen molar-refractivity contribution in [3.8, 4) is 0 Å². The highest BCUT2D eigenvalue weighted by Crippen LogP contribution is 2.21. The zero-order valence-electron chi connectivity index (χ0n) is 17.6. The largest absolute Gasteiger partial charge is 0.339 e. The Morgan fingerprint density at radius 1 is 1.07 bits per heavy atom. The molecule has 1 aliphatic heterocycles. The van der Waals surface area contributed by atoms with Gasteiger partial charge in [-0.15, -0.1) is 5.10 Å². The second kappa shape index (κ2) is 9.57. The van der Waals surface area contributed by atoms with E-state index < -0.39 is 0 Å². The van der Waals surface area contributed by atoms with Crippen molar-refractivity contribution in [1.29, 1.82) is 0 Å². The van der Waals surface area contributed by atoms with Gasteiger partial charge in [-0.1, -0.05) is 68.1 Å². The molecular formula is C22H28N6OS. The van der Waals surface area contributed by atoms with E-state index in [2.05, 4.69) is 76.7 Å². The number of hydrogen-bond acceptors (Lipinski definition) is 6. The summed E-state index contributed by atoms with van der Waals surface area (Å²) < 4.78 is 1.78. The van der Waals surface area contributed by atoms with Crippen LogP contribution >= 0.6 is 11.8 Å². The van der Waals surface area contributed by atoms with Gasteiger partial charge in [0.05, 0.1) is 5.75 Å². The van der Waals surface area contributed by atoms with Gasteiger partial charge < -0.3 is 4.90 Å². The van der Waals surface area contributed by atoms with Crippen molar-refractivity contribution in [3.05, 3.63) is 48.0 Å². The molecule has 1 fully saturated rings. The molecule has 1 saturated heterocycles. The lowest BCUT2D eigenvalue weighted by molar-refractivity contribution is -0.130. The number of rotatable bonds is 7. The molecule has 2 heterocycles. The maximum absolute atomic E-state index is 12.7. The van der Waals surface area contributed by atoms with Crippen molar-refractivity contribution in [2.24, 2.45) is 5.92 Å². The molecule has 3 aromatic rings. The predicted octanol–water partition coefficient (Wildman–Crippen LogP) is 2.92. The van der Waals surface area contributed by atoms with Crippen LogP contribution in [0.1, 0.15) is 19.4 Å². The molecule has 2 aromatic carbocycles. The van der Waals surface area contributed by atoms with Crippen molar-refractivity contribution in [2.45, 2.75) is 32.1 Å². The lowest BCUT2D eigenvalue weighted by Crippen LogP contribution is -2.48. The van der Waals surface area contributed by atoms with E-state index in [4.69, 9.17) is 0 Å². The van der Waals surface area contributed by atoms with Gasteiger partial charge >= 0.3 is 0 Å². The molecule has 0 radical (unpaired) electrons. The summed E-state index contributed by atoms with van der Waals surface area (Å²) in [6.07, 6.45) is 0. The number of tetrazole rings is 1. The Hall–Kier alpha value is -2.45. The average molecular weight is 425 g/mol. The van der Waals surface area contributed by atoms with Crippen LogP contribution in [0.25, 0.3) is 10.8 Å². The molecule has 7 nitrogen and oxygen atoms in total. The topological polar surface area (TPSA) is 67.2 Å². The number of carbonyl (C=O) groups excluding carboxylic acids is 1. The maximum Gasteiger partial charge on any atom is 0.233 e. The number of nitrogens with zero attached hydrogens (tertiary/aromatic N) is 6. The Balaban J connectivity index is 1.28. The zero-order chi connectivity index (χ0) is 20.9. The third-order valence-corrected chi connectivity index (χ3v) is 6.30. The van der Waals surface area contributed by atoms with Crippen LogP contribution in [0.3, 0.4) is 0 Å². The Morgan fingerprint density at radius 2 is 1.83 bits per heavy atom. The monoisotopic (exact) mass is 424 g/mol. The molecule has 30 heavy (non-hydrogen) atoms. The second-order valence-electron chi connectivity index (χ2n) is 8.12. The molecule has 0 N–H and O–H groups in total. The SMILES string of the molecule is CC(C)Cn1nnnc1SCC(=O)N1CCN(Cc2cccc3ccccc23)CC1. The van der Waals surface area contributed by atoms with Gasteiger partial charge in [0.1, 0.15) is 0 Å². The summed E-state index contributed by atoms with van der Waals surface area (Å²) in [7, 11) is 0. The molecule has 1 amide bonds. The van der Waals surface area contributed by atoms with Gasteiger partial charge in [0.25, 0.3) is 0 Å². The van der Waals surface area contributed by atoms with Gasteiger partial charge in [-0.3, -0.25) is 9.69 Å². The number of carbonyl (C=O) groups is 1. The molecule has 0 unspecified atom stereocenters. The van der Waals surface area contributed by atoms with Crippen molar-refractivity contribution in [1.82, 2.24) is 30.0 Å². The average Bonchev–Trinajstić information content (AvgIpc) is 3.19. The van der Waals surface area contributed by atoms with E-state index >= 15 is 0 Å². The second-order valence-corrected chi connectivity index (χ2v) is 9.06. The summed E-state index contributed by atoms with van der Waals surface area (Å²) in [6.45, 7) is 9.24. The normalized spacial score (nSPS) is 15.2. The van der Waals surface area contributed by atoms with E-state index in [9.17, 15) is 4.79 Å². The third kappa shape index (κ3) is 4.99. The molecule has 0 atom stereocenters. The first-order valence-electron chi connectivity index (χ1n) is 10.5. The fourth-order valence-corrected chi connectivity index (χ4v) is 4.59. The van der Waals surface area contributed by atoms with Crippen molar-refractivity contribution in [2.75, 3.05) is 31.9 Å². The van der Waals surface area contributed by atoms with Gasteiger partial charge in [0, 0.05) is 39.3 Å². The van der Waals surface area contributed by atoms with E-state index in [1.165, 1.54) is 28.1 Å². The molecule has 0 spiro atoms. The minimum Gasteiger partial charge on any atom is -0.339 e. The fourth-order valence-electron chi connectivity index (χ4n) is 3.80. The number of piperazine rings is 1. The lowest BCUT2D eigenvalue weighted by atomic mass is 10.0. The molecular weight excluding hydrogens is 396 g/mol. The van der Waals surface area contributed by atoms with E-state index in [0.717, 1.165) is 39.3 Å². The smallest absolute Gasteiger partial charge is 0.233 e. The summed E-state index contributed by atoms with van der Waals surface area (Å²) >= 11 is 1.42. The predicted molar refractivity (Wildman–Crippen MR) is 119 cm³/mol. The number of thioether (sulfide) groups is 1. The molecule has 4 rings (SSSR count). The van der Waals surface area contributed by atoms with Crippen LogP contribution in [0.5, 0.6) is 0 Å². The number of amides is 1. The summed E-state index contributed by atoms with van der Waals surface area (Å²) in [5.74, 6) is 0.990. The van der Waals surface area contributed by atoms with Crippen molar-refractivity contribution in [3.63, 3.8) is 0 Å². The molecule has 1 aromatic heterocycles. The zero-order valence-corrected chi connectivity index (χ0v) is 18.4. The third-order valence-electron chi connectivity index (χ3n) is 5.36. The molecule has 0 bridgehead atoms. The molecule has 0 saturated carbocycles. The summed E-state index contributed by atoms with van der Waals surface area (Å²) in [4.78, 5) is 17.1. The van der Waals surface area contributed by atoms with Crippen LogP contribution in [-0.2, 0) is 17.9 Å². The minimum atomic E-state index is 0.156. The summed E-state index contributed by atoms with van der Waals surface area (Å²) in [6, 6.07) is 15.0. The Labute approximate surface area is 181 Å². The number of aromatic nitrogens is 4. The van der Waals surface area contributed by atoms with Crippen LogP contribution in [0.4, 0.5) is 0 Å². The molecule has 0 aliphatic carbocycles. The molecule has 158 valence electrons. The highest BCUT2D eigenvalue weighted by atomic mass is 32.2. The highest BCUT2D eigenvalue weighted by Gasteiger charge is 2.22. The summed E-state index contributed by atoms with van der Waals surface area (Å²) in [5.41, 5.74) is 1.35. The van der Waals surface area contributed by atoms with Crippen LogP contribution in [0.2, 0.25) is 0 Å². The first-order valence-corrected chi connectivity index (χ1v) is 11.4. The van der Waals surface area contributed by atoms with E-state index in [1.54, 1.807) is 4.68 Å².